The minimum Gasteiger partial charge on any atom is -0.274 e. The number of hydrogen-bond acceptors (Lipinski definition) is 2. The molecule has 0 N–H and O–H groups in total. The van der Waals surface area contributed by atoms with Crippen LogP contribution in [0.3, 0.4) is 0 Å². The zero-order valence-electron chi connectivity index (χ0n) is 15.8. The largest absolute Gasteiger partial charge is 0.274 e. The molecule has 4 heteroatoms. The molecule has 0 aromatic heterocycles. The summed E-state index contributed by atoms with van der Waals surface area (Å²) in [4.78, 5) is 29.1. The van der Waals surface area contributed by atoms with Crippen LogP contribution in [0.25, 0.3) is 0 Å². The highest BCUT2D eigenvalue weighted by Gasteiger charge is 2.68. The summed E-state index contributed by atoms with van der Waals surface area (Å²) in [6, 6.07) is 24.3. The molecule has 0 radical (unpaired) electrons. The van der Waals surface area contributed by atoms with Crippen molar-refractivity contribution in [2.75, 3.05) is 4.90 Å². The fourth-order valence-electron chi connectivity index (χ4n) is 5.95. The number of imide groups is 1. The number of halogens is 1. The zero-order valence-corrected chi connectivity index (χ0v) is 18.0. The highest BCUT2D eigenvalue weighted by Crippen LogP contribution is 2.67. The average Bonchev–Trinajstić information content (AvgIpc) is 2.95. The maximum Gasteiger partial charge on any atom is 0.241 e. The molecule has 3 aliphatic carbocycles. The van der Waals surface area contributed by atoms with Crippen LogP contribution in [0.15, 0.2) is 72.8 Å². The van der Waals surface area contributed by atoms with E-state index in [1.165, 1.54) is 27.2 Å². The van der Waals surface area contributed by atoms with Crippen molar-refractivity contribution in [2.24, 2.45) is 11.3 Å². The lowest BCUT2D eigenvalue weighted by Crippen LogP contribution is -2.49. The highest BCUT2D eigenvalue weighted by molar-refractivity contribution is 14.1. The van der Waals surface area contributed by atoms with Crippen molar-refractivity contribution in [1.82, 2.24) is 0 Å². The first-order valence-electron chi connectivity index (χ1n) is 9.85. The molecule has 0 unspecified atom stereocenters. The molecule has 3 nitrogen and oxygen atoms in total. The van der Waals surface area contributed by atoms with Crippen LogP contribution >= 0.6 is 22.6 Å². The molecule has 0 saturated carbocycles. The molecule has 2 bridgehead atoms. The van der Waals surface area contributed by atoms with Gasteiger partial charge < -0.3 is 0 Å². The first-order valence-corrected chi connectivity index (χ1v) is 10.9. The standard InChI is InChI=1S/C25H18INO2/c1-25-21-18-8-4-2-6-16(18)20(17-7-3-5-9-19(17)21)22(25)23(28)27(24(25)29)15-12-10-14(26)11-13-15/h2-13,20-22H,1H3/t20?,21?,22-,25+/m0/s1. The van der Waals surface area contributed by atoms with E-state index in [1.54, 1.807) is 0 Å². The molecule has 1 fully saturated rings. The van der Waals surface area contributed by atoms with Crippen LogP contribution in [-0.2, 0) is 9.59 Å². The molecule has 0 spiro atoms. The quantitative estimate of drug-likeness (QED) is 0.352. The second-order valence-electron chi connectivity index (χ2n) is 8.38. The Balaban J connectivity index is 1.61. The van der Waals surface area contributed by atoms with Gasteiger partial charge in [-0.05, 0) is 76.0 Å². The van der Waals surface area contributed by atoms with Gasteiger partial charge in [-0.1, -0.05) is 48.5 Å². The summed E-state index contributed by atoms with van der Waals surface area (Å²) in [5, 5.41) is 0. The van der Waals surface area contributed by atoms with Crippen molar-refractivity contribution >= 4 is 40.1 Å². The lowest BCUT2D eigenvalue weighted by molar-refractivity contribution is -0.128. The van der Waals surface area contributed by atoms with E-state index in [4.69, 9.17) is 0 Å². The number of carbonyl (C=O) groups is 2. The number of amides is 2. The SMILES string of the molecule is C[C@]12C(=O)N(c3ccc(I)cc3)C(=O)[C@@H]1C1c3ccccc3C2c2ccccc21. The normalized spacial score (nSPS) is 28.9. The third kappa shape index (κ3) is 2.03. The monoisotopic (exact) mass is 491 g/mol. The Morgan fingerprint density at radius 3 is 1.86 bits per heavy atom. The summed E-state index contributed by atoms with van der Waals surface area (Å²) in [6.45, 7) is 2.01. The van der Waals surface area contributed by atoms with Crippen LogP contribution < -0.4 is 4.90 Å². The van der Waals surface area contributed by atoms with Crippen LogP contribution in [0.2, 0.25) is 0 Å². The fourth-order valence-corrected chi connectivity index (χ4v) is 6.31. The molecular formula is C25H18INO2. The number of anilines is 1. The van der Waals surface area contributed by atoms with Gasteiger partial charge in [-0.25, -0.2) is 4.90 Å². The van der Waals surface area contributed by atoms with Crippen LogP contribution in [0.1, 0.15) is 41.0 Å². The van der Waals surface area contributed by atoms with Gasteiger partial charge in [0.15, 0.2) is 0 Å². The van der Waals surface area contributed by atoms with Gasteiger partial charge in [-0.2, -0.15) is 0 Å². The lowest BCUT2D eigenvalue weighted by Gasteiger charge is -2.51. The summed E-state index contributed by atoms with van der Waals surface area (Å²) in [5.74, 6) is -0.701. The van der Waals surface area contributed by atoms with Crippen LogP contribution in [-0.4, -0.2) is 11.8 Å². The van der Waals surface area contributed by atoms with E-state index in [2.05, 4.69) is 46.9 Å². The van der Waals surface area contributed by atoms with E-state index in [9.17, 15) is 9.59 Å². The van der Waals surface area contributed by atoms with E-state index in [-0.39, 0.29) is 29.6 Å². The van der Waals surface area contributed by atoms with E-state index in [1.807, 2.05) is 55.5 Å². The predicted octanol–water partition coefficient (Wildman–Crippen LogP) is 5.08. The zero-order chi connectivity index (χ0) is 19.9. The Morgan fingerprint density at radius 2 is 1.31 bits per heavy atom. The van der Waals surface area contributed by atoms with Gasteiger partial charge in [0.05, 0.1) is 17.0 Å². The number of rotatable bonds is 1. The summed E-state index contributed by atoms with van der Waals surface area (Å²) >= 11 is 2.23. The smallest absolute Gasteiger partial charge is 0.241 e. The maximum atomic E-state index is 13.9. The second-order valence-corrected chi connectivity index (χ2v) is 9.63. The van der Waals surface area contributed by atoms with Crippen molar-refractivity contribution < 1.29 is 9.59 Å². The van der Waals surface area contributed by atoms with E-state index in [0.29, 0.717) is 5.69 Å². The number of benzene rings is 3. The molecule has 2 atom stereocenters. The molecule has 1 saturated heterocycles. The van der Waals surface area contributed by atoms with Gasteiger partial charge in [0.2, 0.25) is 11.8 Å². The van der Waals surface area contributed by atoms with E-state index >= 15 is 0 Å². The van der Waals surface area contributed by atoms with Crippen LogP contribution in [0, 0.1) is 14.9 Å². The minimum atomic E-state index is -0.770. The highest BCUT2D eigenvalue weighted by atomic mass is 127. The Hall–Kier alpha value is -2.47. The molecule has 3 aromatic rings. The van der Waals surface area contributed by atoms with Gasteiger partial charge in [0.25, 0.3) is 0 Å². The summed E-state index contributed by atoms with van der Waals surface area (Å²) in [7, 11) is 0. The Labute approximate surface area is 182 Å². The Bertz CT molecular complexity index is 1150. The lowest BCUT2D eigenvalue weighted by atomic mass is 9.48. The molecule has 1 aliphatic heterocycles. The topological polar surface area (TPSA) is 37.4 Å². The fraction of sp³-hybridized carbons (Fsp3) is 0.200. The molecule has 4 aliphatic rings. The van der Waals surface area contributed by atoms with Gasteiger partial charge >= 0.3 is 0 Å². The van der Waals surface area contributed by atoms with E-state index < -0.39 is 5.41 Å². The summed E-state index contributed by atoms with van der Waals surface area (Å²) < 4.78 is 1.08. The molecule has 3 aromatic carbocycles. The summed E-state index contributed by atoms with van der Waals surface area (Å²) in [5.41, 5.74) is 4.69. The van der Waals surface area contributed by atoms with Gasteiger partial charge in [-0.3, -0.25) is 9.59 Å². The molecular weight excluding hydrogens is 473 g/mol. The third-order valence-electron chi connectivity index (χ3n) is 7.10. The average molecular weight is 491 g/mol. The van der Waals surface area contributed by atoms with Gasteiger partial charge in [0.1, 0.15) is 0 Å². The molecule has 1 heterocycles. The minimum absolute atomic E-state index is 0.0716. The van der Waals surface area contributed by atoms with Crippen molar-refractivity contribution in [3.05, 3.63) is 98.6 Å². The molecule has 142 valence electrons. The van der Waals surface area contributed by atoms with Crippen molar-refractivity contribution in [1.29, 1.82) is 0 Å². The van der Waals surface area contributed by atoms with Gasteiger partial charge in [0, 0.05) is 15.4 Å². The van der Waals surface area contributed by atoms with Crippen molar-refractivity contribution in [3.63, 3.8) is 0 Å². The Morgan fingerprint density at radius 1 is 0.793 bits per heavy atom. The predicted molar refractivity (Wildman–Crippen MR) is 120 cm³/mol. The molecule has 2 amide bonds. The maximum absolute atomic E-state index is 13.9. The van der Waals surface area contributed by atoms with Gasteiger partial charge in [-0.15, -0.1) is 0 Å². The van der Waals surface area contributed by atoms with Crippen molar-refractivity contribution in [3.8, 4) is 0 Å². The van der Waals surface area contributed by atoms with Crippen molar-refractivity contribution in [2.45, 2.75) is 18.8 Å². The molecule has 29 heavy (non-hydrogen) atoms. The first kappa shape index (κ1) is 17.4. The number of nitrogens with zero attached hydrogens (tertiary/aromatic N) is 1. The second kappa shape index (κ2) is 5.79. The summed E-state index contributed by atoms with van der Waals surface area (Å²) in [6.07, 6.45) is 0. The van der Waals surface area contributed by atoms with Crippen LogP contribution in [0.4, 0.5) is 5.69 Å². The number of carbonyl (C=O) groups excluding carboxylic acids is 2. The first-order chi connectivity index (χ1) is 14.0. The van der Waals surface area contributed by atoms with E-state index in [0.717, 1.165) is 3.57 Å². The Kier molecular flexibility index (Phi) is 3.47. The third-order valence-corrected chi connectivity index (χ3v) is 7.82. The van der Waals surface area contributed by atoms with Crippen LogP contribution in [0.5, 0.6) is 0 Å². The number of hydrogen-bond donors (Lipinski definition) is 0. The molecule has 7 rings (SSSR count).